The molecule has 3 amide bonds. The Hall–Kier alpha value is -2.57. The Morgan fingerprint density at radius 1 is 1.32 bits per heavy atom. The number of carbonyl (C=O) groups is 3. The fourth-order valence-electron chi connectivity index (χ4n) is 2.42. The zero-order valence-electron chi connectivity index (χ0n) is 12.9. The first-order valence-corrected chi connectivity index (χ1v) is 6.69. The van der Waals surface area contributed by atoms with Gasteiger partial charge >= 0.3 is 12.0 Å². The number of carbonyl (C=O) groups excluding carboxylic acids is 3. The molecule has 7 heteroatoms. The minimum atomic E-state index is -1.22. The molecule has 1 aliphatic rings. The molecule has 1 fully saturated rings. The van der Waals surface area contributed by atoms with Gasteiger partial charge in [-0.25, -0.2) is 4.79 Å². The standard InChI is InChI=1S/C15H18N2O5/c1-9-7-10(5-6-11(9)21-3)15(2)13(19)17(14(20)16-15)8-12(18)22-4/h5-7H,8H2,1-4H3,(H,16,20). The monoisotopic (exact) mass is 306 g/mol. The molecule has 1 N–H and O–H groups in total. The highest BCUT2D eigenvalue weighted by atomic mass is 16.5. The van der Waals surface area contributed by atoms with Gasteiger partial charge in [0.05, 0.1) is 14.2 Å². The number of urea groups is 1. The number of imide groups is 1. The molecule has 0 spiro atoms. The molecule has 1 unspecified atom stereocenters. The molecule has 22 heavy (non-hydrogen) atoms. The summed E-state index contributed by atoms with van der Waals surface area (Å²) in [6, 6.07) is 4.61. The first-order chi connectivity index (χ1) is 10.3. The van der Waals surface area contributed by atoms with E-state index in [1.807, 2.05) is 6.92 Å². The Bertz CT molecular complexity index is 643. The summed E-state index contributed by atoms with van der Waals surface area (Å²) in [5, 5.41) is 2.63. The van der Waals surface area contributed by atoms with Crippen LogP contribution in [0.25, 0.3) is 0 Å². The topological polar surface area (TPSA) is 84.9 Å². The number of ether oxygens (including phenoxy) is 2. The zero-order chi connectivity index (χ0) is 16.5. The molecule has 1 aliphatic heterocycles. The van der Waals surface area contributed by atoms with Crippen LogP contribution in [0.1, 0.15) is 18.1 Å². The van der Waals surface area contributed by atoms with Crippen LogP contribution in [0.3, 0.4) is 0 Å². The molecule has 0 radical (unpaired) electrons. The van der Waals surface area contributed by atoms with Crippen LogP contribution in [0.2, 0.25) is 0 Å². The van der Waals surface area contributed by atoms with Crippen LogP contribution in [0.4, 0.5) is 4.79 Å². The largest absolute Gasteiger partial charge is 0.496 e. The molecule has 2 rings (SSSR count). The lowest BCUT2D eigenvalue weighted by Crippen LogP contribution is -2.41. The summed E-state index contributed by atoms with van der Waals surface area (Å²) in [5.41, 5.74) is 0.244. The van der Waals surface area contributed by atoms with Gasteiger partial charge in [0.15, 0.2) is 0 Å². The second kappa shape index (κ2) is 5.67. The molecule has 1 saturated heterocycles. The summed E-state index contributed by atoms with van der Waals surface area (Å²) in [4.78, 5) is 36.7. The van der Waals surface area contributed by atoms with Crippen molar-refractivity contribution < 1.29 is 23.9 Å². The molecular weight excluding hydrogens is 288 g/mol. The molecule has 0 aromatic heterocycles. The maximum Gasteiger partial charge on any atom is 0.325 e. The van der Waals surface area contributed by atoms with Gasteiger partial charge in [0.25, 0.3) is 5.91 Å². The van der Waals surface area contributed by atoms with E-state index in [1.54, 1.807) is 32.2 Å². The highest BCUT2D eigenvalue weighted by Gasteiger charge is 2.49. The maximum atomic E-state index is 12.6. The minimum Gasteiger partial charge on any atom is -0.496 e. The third-order valence-corrected chi connectivity index (χ3v) is 3.76. The van der Waals surface area contributed by atoms with E-state index in [1.165, 1.54) is 7.11 Å². The van der Waals surface area contributed by atoms with Gasteiger partial charge in [0.1, 0.15) is 17.8 Å². The highest BCUT2D eigenvalue weighted by molar-refractivity contribution is 6.08. The quantitative estimate of drug-likeness (QED) is 0.661. The number of hydrogen-bond donors (Lipinski definition) is 1. The Morgan fingerprint density at radius 2 is 2.00 bits per heavy atom. The Kier molecular flexibility index (Phi) is 4.07. The lowest BCUT2D eigenvalue weighted by atomic mass is 9.90. The molecule has 0 aliphatic carbocycles. The van der Waals surface area contributed by atoms with Crippen molar-refractivity contribution in [3.63, 3.8) is 0 Å². The zero-order valence-corrected chi connectivity index (χ0v) is 12.9. The van der Waals surface area contributed by atoms with E-state index >= 15 is 0 Å². The van der Waals surface area contributed by atoms with Crippen LogP contribution < -0.4 is 10.1 Å². The molecule has 1 heterocycles. The average Bonchev–Trinajstić information content (AvgIpc) is 2.71. The summed E-state index contributed by atoms with van der Waals surface area (Å²) < 4.78 is 9.69. The van der Waals surface area contributed by atoms with Crippen molar-refractivity contribution in [2.24, 2.45) is 0 Å². The number of amides is 3. The van der Waals surface area contributed by atoms with Gasteiger partial charge in [-0.15, -0.1) is 0 Å². The predicted octanol–water partition coefficient (Wildman–Crippen LogP) is 0.944. The number of aryl methyl sites for hydroxylation is 1. The first kappa shape index (κ1) is 15.8. The Labute approximate surface area is 128 Å². The van der Waals surface area contributed by atoms with Crippen LogP contribution in [0.5, 0.6) is 5.75 Å². The predicted molar refractivity (Wildman–Crippen MR) is 77.3 cm³/mol. The molecule has 1 atom stereocenters. The summed E-state index contributed by atoms with van der Waals surface area (Å²) in [5.74, 6) is -0.457. The van der Waals surface area contributed by atoms with Gasteiger partial charge < -0.3 is 14.8 Å². The summed E-state index contributed by atoms with van der Waals surface area (Å²) in [6.45, 7) is 3.04. The Balaban J connectivity index is 2.34. The maximum absolute atomic E-state index is 12.6. The fraction of sp³-hybridized carbons (Fsp3) is 0.400. The van der Waals surface area contributed by atoms with Gasteiger partial charge in [-0.05, 0) is 37.1 Å². The average molecular weight is 306 g/mol. The van der Waals surface area contributed by atoms with Crippen molar-refractivity contribution in [1.29, 1.82) is 0 Å². The normalized spacial score (nSPS) is 20.8. The second-order valence-electron chi connectivity index (χ2n) is 5.21. The van der Waals surface area contributed by atoms with Crippen molar-refractivity contribution in [2.45, 2.75) is 19.4 Å². The van der Waals surface area contributed by atoms with Crippen molar-refractivity contribution >= 4 is 17.9 Å². The first-order valence-electron chi connectivity index (χ1n) is 6.69. The van der Waals surface area contributed by atoms with Crippen LogP contribution >= 0.6 is 0 Å². The molecule has 1 aromatic rings. The summed E-state index contributed by atoms with van der Waals surface area (Å²) in [6.07, 6.45) is 0. The van der Waals surface area contributed by atoms with Crippen molar-refractivity contribution in [3.05, 3.63) is 29.3 Å². The van der Waals surface area contributed by atoms with E-state index in [0.29, 0.717) is 11.3 Å². The third-order valence-electron chi connectivity index (χ3n) is 3.76. The molecule has 1 aromatic carbocycles. The SMILES string of the molecule is COC(=O)CN1C(=O)NC(C)(c2ccc(OC)c(C)c2)C1=O. The summed E-state index contributed by atoms with van der Waals surface area (Å²) in [7, 11) is 2.76. The van der Waals surface area contributed by atoms with E-state index in [-0.39, 0.29) is 0 Å². The van der Waals surface area contributed by atoms with E-state index in [0.717, 1.165) is 10.5 Å². The Morgan fingerprint density at radius 3 is 2.55 bits per heavy atom. The van der Waals surface area contributed by atoms with Crippen molar-refractivity contribution in [3.8, 4) is 5.75 Å². The smallest absolute Gasteiger partial charge is 0.325 e. The molecular formula is C15H18N2O5. The second-order valence-corrected chi connectivity index (χ2v) is 5.21. The van der Waals surface area contributed by atoms with E-state index in [9.17, 15) is 14.4 Å². The molecule has 7 nitrogen and oxygen atoms in total. The number of nitrogens with zero attached hydrogens (tertiary/aromatic N) is 1. The summed E-state index contributed by atoms with van der Waals surface area (Å²) >= 11 is 0. The minimum absolute atomic E-state index is 0.411. The van der Waals surface area contributed by atoms with Crippen molar-refractivity contribution in [1.82, 2.24) is 10.2 Å². The molecule has 0 saturated carbocycles. The van der Waals surface area contributed by atoms with E-state index in [2.05, 4.69) is 10.1 Å². The van der Waals surface area contributed by atoms with Gasteiger partial charge in [0.2, 0.25) is 0 Å². The van der Waals surface area contributed by atoms with Gasteiger partial charge in [0, 0.05) is 0 Å². The van der Waals surface area contributed by atoms with Gasteiger partial charge in [-0.3, -0.25) is 14.5 Å². The lowest BCUT2D eigenvalue weighted by Gasteiger charge is -2.23. The molecule has 118 valence electrons. The van der Waals surface area contributed by atoms with Crippen LogP contribution in [-0.2, 0) is 19.9 Å². The lowest BCUT2D eigenvalue weighted by molar-refractivity contribution is -0.145. The van der Waals surface area contributed by atoms with Gasteiger partial charge in [-0.1, -0.05) is 6.07 Å². The number of rotatable bonds is 4. The van der Waals surface area contributed by atoms with E-state index in [4.69, 9.17) is 4.74 Å². The van der Waals surface area contributed by atoms with Crippen molar-refractivity contribution in [2.75, 3.05) is 20.8 Å². The number of esters is 1. The number of benzene rings is 1. The number of methoxy groups -OCH3 is 2. The van der Waals surface area contributed by atoms with E-state index < -0.39 is 30.0 Å². The fourth-order valence-corrected chi connectivity index (χ4v) is 2.42. The van der Waals surface area contributed by atoms with Crippen LogP contribution in [-0.4, -0.2) is 43.6 Å². The van der Waals surface area contributed by atoms with Gasteiger partial charge in [-0.2, -0.15) is 0 Å². The van der Waals surface area contributed by atoms with Crippen LogP contribution in [0.15, 0.2) is 18.2 Å². The third kappa shape index (κ3) is 2.49. The molecule has 0 bridgehead atoms. The number of hydrogen-bond acceptors (Lipinski definition) is 5. The number of nitrogens with one attached hydrogen (secondary N) is 1. The highest BCUT2D eigenvalue weighted by Crippen LogP contribution is 2.31. The van der Waals surface area contributed by atoms with Crippen LogP contribution in [0, 0.1) is 6.92 Å².